The Morgan fingerprint density at radius 1 is 1.04 bits per heavy atom. The molecule has 6 heteroatoms. The number of hydrogen-bond donors (Lipinski definition) is 1. The number of anilines is 2. The second-order valence-electron chi connectivity index (χ2n) is 7.14. The number of piperazine rings is 1. The maximum Gasteiger partial charge on any atom is 0.134 e. The maximum absolute atomic E-state index is 4.66. The summed E-state index contributed by atoms with van der Waals surface area (Å²) >= 11 is 0. The smallest absolute Gasteiger partial charge is 0.134 e. The molecule has 2 heterocycles. The van der Waals surface area contributed by atoms with Crippen LogP contribution >= 0.6 is 0 Å². The van der Waals surface area contributed by atoms with Crippen molar-refractivity contribution in [1.82, 2.24) is 19.8 Å². The van der Waals surface area contributed by atoms with E-state index in [9.17, 15) is 0 Å². The van der Waals surface area contributed by atoms with Gasteiger partial charge in [0.2, 0.25) is 0 Å². The molecule has 3 rings (SSSR count). The largest absolute Gasteiger partial charge is 0.369 e. The topological polar surface area (TPSA) is 47.5 Å². The van der Waals surface area contributed by atoms with E-state index in [2.05, 4.69) is 80.5 Å². The molecule has 6 nitrogen and oxygen atoms in total. The second kappa shape index (κ2) is 8.96. The fourth-order valence-electron chi connectivity index (χ4n) is 3.19. The number of likely N-dealkylation sites (N-methyl/N-ethyl adjacent to an activating group) is 1. The number of aromatic nitrogens is 2. The van der Waals surface area contributed by atoms with Gasteiger partial charge in [-0.25, -0.2) is 9.97 Å². The third-order valence-corrected chi connectivity index (χ3v) is 4.63. The highest BCUT2D eigenvalue weighted by Crippen LogP contribution is 2.18. The summed E-state index contributed by atoms with van der Waals surface area (Å²) in [5, 5.41) is 3.41. The number of nitrogens with zero attached hydrogens (tertiary/aromatic N) is 5. The summed E-state index contributed by atoms with van der Waals surface area (Å²) in [7, 11) is 4.15. The lowest BCUT2D eigenvalue weighted by atomic mass is 10.2. The quantitative estimate of drug-likeness (QED) is 0.821. The lowest BCUT2D eigenvalue weighted by Crippen LogP contribution is -2.46. The molecular weight excluding hydrogens is 324 g/mol. The highest BCUT2D eigenvalue weighted by atomic mass is 15.3. The van der Waals surface area contributed by atoms with E-state index in [1.54, 1.807) is 0 Å². The summed E-state index contributed by atoms with van der Waals surface area (Å²) in [5.74, 6) is 2.77. The zero-order valence-electron chi connectivity index (χ0n) is 16.1. The van der Waals surface area contributed by atoms with Gasteiger partial charge < -0.3 is 15.1 Å². The van der Waals surface area contributed by atoms with Crippen LogP contribution in [0, 0.1) is 6.92 Å². The van der Waals surface area contributed by atoms with Crippen molar-refractivity contribution in [2.45, 2.75) is 13.5 Å². The molecule has 26 heavy (non-hydrogen) atoms. The Morgan fingerprint density at radius 3 is 2.46 bits per heavy atom. The van der Waals surface area contributed by atoms with Crippen molar-refractivity contribution in [2.24, 2.45) is 0 Å². The summed E-state index contributed by atoms with van der Waals surface area (Å²) in [5.41, 5.74) is 1.38. The van der Waals surface area contributed by atoms with Crippen molar-refractivity contribution >= 4 is 11.6 Å². The first-order chi connectivity index (χ1) is 12.6. The van der Waals surface area contributed by atoms with Crippen LogP contribution in [0.1, 0.15) is 11.4 Å². The molecule has 1 aliphatic heterocycles. The van der Waals surface area contributed by atoms with Crippen LogP contribution in [-0.2, 0) is 6.54 Å². The number of hydrogen-bond acceptors (Lipinski definition) is 6. The van der Waals surface area contributed by atoms with Crippen molar-refractivity contribution in [3.8, 4) is 0 Å². The van der Waals surface area contributed by atoms with Gasteiger partial charge in [0.1, 0.15) is 17.5 Å². The number of benzene rings is 1. The molecule has 140 valence electrons. The van der Waals surface area contributed by atoms with E-state index in [0.717, 1.165) is 63.3 Å². The fraction of sp³-hybridized carbons (Fsp3) is 0.500. The Hall–Kier alpha value is -2.18. The van der Waals surface area contributed by atoms with Crippen molar-refractivity contribution in [2.75, 3.05) is 63.6 Å². The molecule has 0 spiro atoms. The molecule has 1 aromatic heterocycles. The van der Waals surface area contributed by atoms with Crippen LogP contribution in [0.2, 0.25) is 0 Å². The number of nitrogens with one attached hydrogen (secondary N) is 1. The molecule has 0 amide bonds. The average molecular weight is 355 g/mol. The third kappa shape index (κ3) is 5.41. The predicted molar refractivity (Wildman–Crippen MR) is 108 cm³/mol. The zero-order chi connectivity index (χ0) is 18.4. The summed E-state index contributed by atoms with van der Waals surface area (Å²) < 4.78 is 0. The minimum absolute atomic E-state index is 0.821. The average Bonchev–Trinajstić information content (AvgIpc) is 2.62. The SMILES string of the molecule is Cc1nc(NCCN(C)C)cc(N2CCN(Cc3ccccc3)CC2)n1. The summed E-state index contributed by atoms with van der Waals surface area (Å²) in [4.78, 5) is 16.2. The van der Waals surface area contributed by atoms with Gasteiger partial charge in [0.05, 0.1) is 0 Å². The van der Waals surface area contributed by atoms with Gasteiger partial charge in [-0.3, -0.25) is 4.90 Å². The second-order valence-corrected chi connectivity index (χ2v) is 7.14. The van der Waals surface area contributed by atoms with Crippen molar-refractivity contribution in [3.63, 3.8) is 0 Å². The molecule has 0 radical (unpaired) electrons. The zero-order valence-corrected chi connectivity index (χ0v) is 16.1. The molecular formula is C20H30N6. The van der Waals surface area contributed by atoms with Gasteiger partial charge in [0, 0.05) is 51.9 Å². The monoisotopic (exact) mass is 354 g/mol. The number of aryl methyl sites for hydroxylation is 1. The Kier molecular flexibility index (Phi) is 6.41. The Labute approximate surface area is 156 Å². The normalized spacial score (nSPS) is 15.5. The molecule has 1 N–H and O–H groups in total. The minimum atomic E-state index is 0.821. The van der Waals surface area contributed by atoms with Crippen LogP contribution < -0.4 is 10.2 Å². The molecule has 0 atom stereocenters. The van der Waals surface area contributed by atoms with Crippen LogP contribution in [0.5, 0.6) is 0 Å². The molecule has 0 aliphatic carbocycles. The standard InChI is InChI=1S/C20H30N6/c1-17-22-19(21-9-10-24(2)3)15-20(23-17)26-13-11-25(12-14-26)16-18-7-5-4-6-8-18/h4-8,15H,9-14,16H2,1-3H3,(H,21,22,23). The van der Waals surface area contributed by atoms with Crippen LogP contribution in [0.3, 0.4) is 0 Å². The Balaban J connectivity index is 1.56. The lowest BCUT2D eigenvalue weighted by Gasteiger charge is -2.35. The Bertz CT molecular complexity index is 680. The van der Waals surface area contributed by atoms with Crippen molar-refractivity contribution in [1.29, 1.82) is 0 Å². The van der Waals surface area contributed by atoms with Gasteiger partial charge in [-0.1, -0.05) is 30.3 Å². The van der Waals surface area contributed by atoms with Gasteiger partial charge in [-0.15, -0.1) is 0 Å². The van der Waals surface area contributed by atoms with E-state index in [1.165, 1.54) is 5.56 Å². The van der Waals surface area contributed by atoms with Gasteiger partial charge in [-0.2, -0.15) is 0 Å². The number of rotatable bonds is 7. The summed E-state index contributed by atoms with van der Waals surface area (Å²) in [6.07, 6.45) is 0. The highest BCUT2D eigenvalue weighted by Gasteiger charge is 2.19. The van der Waals surface area contributed by atoms with Crippen LogP contribution in [0.25, 0.3) is 0 Å². The molecule has 1 aliphatic rings. The van der Waals surface area contributed by atoms with Gasteiger partial charge in [-0.05, 0) is 26.6 Å². The fourth-order valence-corrected chi connectivity index (χ4v) is 3.19. The van der Waals surface area contributed by atoms with Gasteiger partial charge in [0.15, 0.2) is 0 Å². The lowest BCUT2D eigenvalue weighted by molar-refractivity contribution is 0.249. The molecule has 2 aromatic rings. The first-order valence-electron chi connectivity index (χ1n) is 9.35. The van der Waals surface area contributed by atoms with Crippen LogP contribution in [0.15, 0.2) is 36.4 Å². The molecule has 0 bridgehead atoms. The molecule has 1 fully saturated rings. The van der Waals surface area contributed by atoms with E-state index < -0.39 is 0 Å². The molecule has 1 saturated heterocycles. The Morgan fingerprint density at radius 2 is 1.77 bits per heavy atom. The first kappa shape index (κ1) is 18.6. The van der Waals surface area contributed by atoms with Gasteiger partial charge >= 0.3 is 0 Å². The van der Waals surface area contributed by atoms with Crippen molar-refractivity contribution in [3.05, 3.63) is 47.8 Å². The van der Waals surface area contributed by atoms with Crippen LogP contribution in [0.4, 0.5) is 11.6 Å². The van der Waals surface area contributed by atoms with E-state index in [1.807, 2.05) is 6.92 Å². The highest BCUT2D eigenvalue weighted by molar-refractivity contribution is 5.49. The van der Waals surface area contributed by atoms with Crippen molar-refractivity contribution < 1.29 is 0 Å². The van der Waals surface area contributed by atoms with E-state index in [0.29, 0.717) is 0 Å². The minimum Gasteiger partial charge on any atom is -0.369 e. The van der Waals surface area contributed by atoms with Crippen LogP contribution in [-0.4, -0.2) is 73.1 Å². The molecule has 1 aromatic carbocycles. The maximum atomic E-state index is 4.66. The van der Waals surface area contributed by atoms with E-state index in [4.69, 9.17) is 0 Å². The van der Waals surface area contributed by atoms with Gasteiger partial charge in [0.25, 0.3) is 0 Å². The predicted octanol–water partition coefficient (Wildman–Crippen LogP) is 2.08. The molecule has 0 saturated carbocycles. The molecule has 0 unspecified atom stereocenters. The first-order valence-corrected chi connectivity index (χ1v) is 9.35. The third-order valence-electron chi connectivity index (χ3n) is 4.63. The summed E-state index contributed by atoms with van der Waals surface area (Å²) in [6, 6.07) is 12.8. The van der Waals surface area contributed by atoms with E-state index in [-0.39, 0.29) is 0 Å². The van der Waals surface area contributed by atoms with E-state index >= 15 is 0 Å². The summed E-state index contributed by atoms with van der Waals surface area (Å²) in [6.45, 7) is 8.97.